The zero-order valence-corrected chi connectivity index (χ0v) is 23.3. The van der Waals surface area contributed by atoms with E-state index < -0.39 is 0 Å². The third-order valence-electron chi connectivity index (χ3n) is 6.57. The number of imidazole rings is 1. The molecule has 2 aliphatic heterocycles. The maximum absolute atomic E-state index is 13.2. The first-order valence-electron chi connectivity index (χ1n) is 13.6. The minimum atomic E-state index is -0.268. The normalized spacial score (nSPS) is 17.8. The van der Waals surface area contributed by atoms with Crippen LogP contribution in [0.3, 0.4) is 0 Å². The van der Waals surface area contributed by atoms with Crippen molar-refractivity contribution in [1.29, 1.82) is 0 Å². The lowest BCUT2D eigenvalue weighted by Gasteiger charge is -2.34. The summed E-state index contributed by atoms with van der Waals surface area (Å²) >= 11 is 0. The third kappa shape index (κ3) is 8.13. The van der Waals surface area contributed by atoms with Gasteiger partial charge in [0.15, 0.2) is 6.29 Å². The van der Waals surface area contributed by atoms with Crippen LogP contribution in [0.4, 0.5) is 4.39 Å². The average Bonchev–Trinajstić information content (AvgIpc) is 3.21. The van der Waals surface area contributed by atoms with Gasteiger partial charge in [0, 0.05) is 25.0 Å². The fourth-order valence-corrected chi connectivity index (χ4v) is 4.59. The first-order valence-corrected chi connectivity index (χ1v) is 13.6. The molecule has 4 rings (SSSR count). The van der Waals surface area contributed by atoms with Crippen molar-refractivity contribution in [2.24, 2.45) is 10.1 Å². The third-order valence-corrected chi connectivity index (χ3v) is 6.57. The number of pyridine rings is 1. The van der Waals surface area contributed by atoms with Crippen LogP contribution in [0.25, 0.3) is 23.7 Å². The Morgan fingerprint density at radius 1 is 1.27 bits per heavy atom. The highest BCUT2D eigenvalue weighted by Gasteiger charge is 2.20. The molecule has 0 radical (unpaired) electrons. The first-order chi connectivity index (χ1) is 19.6. The summed E-state index contributed by atoms with van der Waals surface area (Å²) in [6.45, 7) is 15.0. The smallest absolute Gasteiger partial charge is 0.170 e. The zero-order valence-electron chi connectivity index (χ0n) is 23.3. The van der Waals surface area contributed by atoms with Crippen molar-refractivity contribution >= 4 is 30.0 Å². The van der Waals surface area contributed by atoms with Crippen molar-refractivity contribution in [2.75, 3.05) is 26.2 Å². The van der Waals surface area contributed by atoms with Gasteiger partial charge in [-0.15, -0.1) is 0 Å². The molecular formula is C31H38FN7O. The second-order valence-corrected chi connectivity index (χ2v) is 9.08. The van der Waals surface area contributed by atoms with E-state index in [-0.39, 0.29) is 5.83 Å². The summed E-state index contributed by atoms with van der Waals surface area (Å²) in [5.74, 6) is 0.395. The molecule has 210 valence electrons. The van der Waals surface area contributed by atoms with Crippen molar-refractivity contribution < 1.29 is 9.18 Å². The van der Waals surface area contributed by atoms with E-state index in [1.807, 2.05) is 37.3 Å². The molecule has 0 bridgehead atoms. The minimum absolute atomic E-state index is 0.268. The summed E-state index contributed by atoms with van der Waals surface area (Å²) < 4.78 is 14.9. The van der Waals surface area contributed by atoms with Crippen LogP contribution in [0.5, 0.6) is 0 Å². The van der Waals surface area contributed by atoms with Gasteiger partial charge in [0.1, 0.15) is 28.8 Å². The molecule has 1 fully saturated rings. The molecule has 0 aromatic carbocycles. The van der Waals surface area contributed by atoms with Gasteiger partial charge in [0.05, 0.1) is 18.0 Å². The molecule has 1 unspecified atom stereocenters. The van der Waals surface area contributed by atoms with Crippen LogP contribution < -0.4 is 5.43 Å². The Hall–Kier alpha value is -4.24. The molecule has 2 aliphatic rings. The van der Waals surface area contributed by atoms with E-state index in [9.17, 15) is 9.18 Å². The Labute approximate surface area is 236 Å². The van der Waals surface area contributed by atoms with Gasteiger partial charge < -0.3 is 5.43 Å². The monoisotopic (exact) mass is 543 g/mol. The summed E-state index contributed by atoms with van der Waals surface area (Å²) in [7, 11) is 0. The number of hydrogen-bond acceptors (Lipinski definition) is 7. The van der Waals surface area contributed by atoms with Crippen LogP contribution in [0.15, 0.2) is 83.9 Å². The highest BCUT2D eigenvalue weighted by atomic mass is 19.1. The predicted molar refractivity (Wildman–Crippen MR) is 163 cm³/mol. The number of piperidine rings is 1. The second kappa shape index (κ2) is 16.0. The fourth-order valence-electron chi connectivity index (χ4n) is 4.59. The lowest BCUT2D eigenvalue weighted by molar-refractivity contribution is 0.112. The number of nitrogens with one attached hydrogen (secondary N) is 1. The van der Waals surface area contributed by atoms with E-state index in [1.54, 1.807) is 29.1 Å². The number of carbonyl (C=O) groups excluding carboxylic acids is 1. The van der Waals surface area contributed by atoms with Gasteiger partial charge in [-0.1, -0.05) is 38.6 Å². The molecule has 0 aliphatic carbocycles. The number of aliphatic imine (C=N–C) groups is 1. The maximum atomic E-state index is 13.2. The van der Waals surface area contributed by atoms with E-state index >= 15 is 0 Å². The van der Waals surface area contributed by atoms with Gasteiger partial charge in [-0.25, -0.2) is 9.37 Å². The van der Waals surface area contributed by atoms with Gasteiger partial charge >= 0.3 is 0 Å². The van der Waals surface area contributed by atoms with Crippen LogP contribution in [0.2, 0.25) is 0 Å². The SMILES string of the molecule is C=C/C(=N\NCC1CCCCN1CC)C1=NCC=C(F)C=C1.C=Cn1c(/C=C\C)nc(C=O)c1-c1ccccn1. The number of likely N-dealkylation sites (N-methyl/N-ethyl adjacent to an activating group) is 1. The number of carbonyl (C=O) groups is 1. The molecule has 0 spiro atoms. The van der Waals surface area contributed by atoms with Crippen molar-refractivity contribution in [3.8, 4) is 11.4 Å². The molecule has 2 aromatic heterocycles. The van der Waals surface area contributed by atoms with Gasteiger partial charge in [-0.05, 0) is 75.4 Å². The number of aldehydes is 1. The molecule has 9 heteroatoms. The van der Waals surface area contributed by atoms with Gasteiger partial charge in [0.25, 0.3) is 0 Å². The van der Waals surface area contributed by atoms with Crippen molar-refractivity contribution in [3.63, 3.8) is 0 Å². The molecule has 2 aromatic rings. The Balaban J connectivity index is 0.000000225. The predicted octanol–water partition coefficient (Wildman–Crippen LogP) is 5.75. The molecule has 1 N–H and O–H groups in total. The molecule has 1 atom stereocenters. The molecule has 0 amide bonds. The Kier molecular flexibility index (Phi) is 12.1. The van der Waals surface area contributed by atoms with Crippen molar-refractivity contribution in [1.82, 2.24) is 24.9 Å². The molecule has 8 nitrogen and oxygen atoms in total. The Morgan fingerprint density at radius 3 is 2.80 bits per heavy atom. The lowest BCUT2D eigenvalue weighted by atomic mass is 10.0. The second-order valence-electron chi connectivity index (χ2n) is 9.08. The standard InChI is InChI=1S/C17H25FN4.C14H13N3O/c1-3-16(17-9-8-14(18)10-11-19-17)21-20-13-15-7-5-6-12-22(15)4-2;1-3-7-13-16-12(10-18)14(17(13)4-2)11-8-5-6-9-15-11/h3,8-10,15,20H,1,4-7,11-13H2,2H3;3-10H,2H2,1H3/b21-16+;7-3-. The van der Waals surface area contributed by atoms with Crippen LogP contribution in [0, 0.1) is 0 Å². The van der Waals surface area contributed by atoms with Crippen molar-refractivity contribution in [3.05, 3.63) is 85.3 Å². The maximum Gasteiger partial charge on any atom is 0.170 e. The van der Waals surface area contributed by atoms with Gasteiger partial charge in [-0.3, -0.25) is 24.2 Å². The van der Waals surface area contributed by atoms with E-state index in [4.69, 9.17) is 0 Å². The van der Waals surface area contributed by atoms with Crippen LogP contribution in [-0.4, -0.2) is 69.4 Å². The zero-order chi connectivity index (χ0) is 28.7. The fraction of sp³-hybridized carbons (Fsp3) is 0.323. The summed E-state index contributed by atoms with van der Waals surface area (Å²) in [5, 5.41) is 4.39. The summed E-state index contributed by atoms with van der Waals surface area (Å²) in [6.07, 6.45) is 17.6. The van der Waals surface area contributed by atoms with Gasteiger partial charge in [-0.2, -0.15) is 5.10 Å². The quantitative estimate of drug-likeness (QED) is 0.234. The number of aromatic nitrogens is 3. The number of hydrogen-bond donors (Lipinski definition) is 1. The molecule has 4 heterocycles. The molecular weight excluding hydrogens is 505 g/mol. The molecule has 1 saturated heterocycles. The Morgan fingerprint density at radius 2 is 2.12 bits per heavy atom. The minimum Gasteiger partial charge on any atom is -0.308 e. The number of rotatable bonds is 10. The number of halogens is 1. The van der Waals surface area contributed by atoms with Gasteiger partial charge in [0.2, 0.25) is 0 Å². The Bertz CT molecular complexity index is 1300. The summed E-state index contributed by atoms with van der Waals surface area (Å²) in [4.78, 5) is 26.4. The highest BCUT2D eigenvalue weighted by molar-refractivity contribution is 6.50. The van der Waals surface area contributed by atoms with E-state index in [1.165, 1.54) is 38.0 Å². The number of nitrogens with zero attached hydrogens (tertiary/aromatic N) is 6. The molecule has 0 saturated carbocycles. The topological polar surface area (TPSA) is 87.8 Å². The number of hydrazone groups is 1. The first kappa shape index (κ1) is 30.3. The number of likely N-dealkylation sites (tertiary alicyclic amines) is 1. The number of allylic oxidation sites excluding steroid dienone is 5. The molecule has 40 heavy (non-hydrogen) atoms. The van der Waals surface area contributed by atoms with E-state index in [2.05, 4.69) is 50.5 Å². The summed E-state index contributed by atoms with van der Waals surface area (Å²) in [5.41, 5.74) is 6.18. The average molecular weight is 544 g/mol. The van der Waals surface area contributed by atoms with E-state index in [0.29, 0.717) is 46.9 Å². The van der Waals surface area contributed by atoms with Crippen LogP contribution >= 0.6 is 0 Å². The van der Waals surface area contributed by atoms with Crippen LogP contribution in [0.1, 0.15) is 49.4 Å². The largest absolute Gasteiger partial charge is 0.308 e. The lowest BCUT2D eigenvalue weighted by Crippen LogP contribution is -2.44. The summed E-state index contributed by atoms with van der Waals surface area (Å²) in [6, 6.07) is 6.06. The van der Waals surface area contributed by atoms with Crippen molar-refractivity contribution in [2.45, 2.75) is 39.2 Å². The van der Waals surface area contributed by atoms with Crippen LogP contribution in [-0.2, 0) is 0 Å². The van der Waals surface area contributed by atoms with E-state index in [0.717, 1.165) is 19.4 Å². The highest BCUT2D eigenvalue weighted by Crippen LogP contribution is 2.23.